The van der Waals surface area contributed by atoms with Crippen molar-refractivity contribution in [3.63, 3.8) is 0 Å². The molecule has 0 aliphatic rings. The minimum absolute atomic E-state index is 0.0646. The van der Waals surface area contributed by atoms with E-state index in [4.69, 9.17) is 0 Å². The Hall–Kier alpha value is -0.430. The van der Waals surface area contributed by atoms with Crippen LogP contribution in [0.2, 0.25) is 0 Å². The van der Waals surface area contributed by atoms with Crippen LogP contribution in [0.4, 0.5) is 0 Å². The molecular formula is C12H22N2O2S2. The van der Waals surface area contributed by atoms with E-state index in [9.17, 15) is 8.42 Å². The first-order chi connectivity index (χ1) is 8.26. The maximum Gasteiger partial charge on any atom is 0.241 e. The van der Waals surface area contributed by atoms with Crippen LogP contribution in [0.1, 0.15) is 32.6 Å². The van der Waals surface area contributed by atoms with E-state index in [0.29, 0.717) is 18.0 Å². The first kappa shape index (κ1) is 15.6. The Kier molecular flexibility index (Phi) is 5.33. The summed E-state index contributed by atoms with van der Waals surface area (Å²) in [5.41, 5.74) is -0.0646. The van der Waals surface area contributed by atoms with Crippen molar-refractivity contribution >= 4 is 21.4 Å². The third-order valence-electron chi connectivity index (χ3n) is 2.32. The summed E-state index contributed by atoms with van der Waals surface area (Å²) in [6, 6.07) is 1.67. The molecule has 0 aliphatic carbocycles. The monoisotopic (exact) mass is 290 g/mol. The molecule has 0 aromatic carbocycles. The fraction of sp³-hybridized carbons (Fsp3) is 0.667. The zero-order chi connectivity index (χ0) is 13.8. The molecule has 0 saturated heterocycles. The van der Waals surface area contributed by atoms with E-state index in [1.165, 1.54) is 11.3 Å². The van der Waals surface area contributed by atoms with E-state index < -0.39 is 10.0 Å². The highest BCUT2D eigenvalue weighted by molar-refractivity contribution is 7.89. The summed E-state index contributed by atoms with van der Waals surface area (Å²) in [7, 11) is -3.39. The van der Waals surface area contributed by atoms with Crippen LogP contribution in [0.3, 0.4) is 0 Å². The summed E-state index contributed by atoms with van der Waals surface area (Å²) in [4.78, 5) is 1.26. The van der Waals surface area contributed by atoms with Gasteiger partial charge in [0.2, 0.25) is 10.0 Å². The van der Waals surface area contributed by atoms with Gasteiger partial charge in [-0.3, -0.25) is 0 Å². The van der Waals surface area contributed by atoms with Gasteiger partial charge in [-0.05, 0) is 23.4 Å². The topological polar surface area (TPSA) is 58.2 Å². The van der Waals surface area contributed by atoms with Gasteiger partial charge in [0.1, 0.15) is 0 Å². The maximum atomic E-state index is 12.2. The molecule has 6 heteroatoms. The van der Waals surface area contributed by atoms with Crippen molar-refractivity contribution in [2.75, 3.05) is 13.1 Å². The molecule has 18 heavy (non-hydrogen) atoms. The summed E-state index contributed by atoms with van der Waals surface area (Å²) in [6.45, 7) is 9.87. The molecule has 0 saturated carbocycles. The van der Waals surface area contributed by atoms with E-state index in [1.807, 2.05) is 33.1 Å². The van der Waals surface area contributed by atoms with Gasteiger partial charge < -0.3 is 5.32 Å². The molecule has 104 valence electrons. The molecular weight excluding hydrogens is 268 g/mol. The van der Waals surface area contributed by atoms with Gasteiger partial charge in [0, 0.05) is 18.0 Å². The van der Waals surface area contributed by atoms with Gasteiger partial charge in [-0.15, -0.1) is 11.3 Å². The van der Waals surface area contributed by atoms with Crippen molar-refractivity contribution in [3.8, 4) is 0 Å². The summed E-state index contributed by atoms with van der Waals surface area (Å²) < 4.78 is 27.1. The SMILES string of the molecule is CCNCc1sccc1S(=O)(=O)NCC(C)(C)C. The molecule has 1 heterocycles. The Morgan fingerprint density at radius 2 is 2.00 bits per heavy atom. The van der Waals surface area contributed by atoms with E-state index in [2.05, 4.69) is 10.0 Å². The van der Waals surface area contributed by atoms with Gasteiger partial charge in [0.15, 0.2) is 0 Å². The van der Waals surface area contributed by atoms with E-state index in [1.54, 1.807) is 6.07 Å². The smallest absolute Gasteiger partial charge is 0.241 e. The number of hydrogen-bond acceptors (Lipinski definition) is 4. The predicted octanol–water partition coefficient (Wildman–Crippen LogP) is 2.18. The minimum atomic E-state index is -3.39. The lowest BCUT2D eigenvalue weighted by Crippen LogP contribution is -2.32. The van der Waals surface area contributed by atoms with E-state index >= 15 is 0 Å². The van der Waals surface area contributed by atoms with Gasteiger partial charge >= 0.3 is 0 Å². The second-order valence-electron chi connectivity index (χ2n) is 5.37. The van der Waals surface area contributed by atoms with E-state index in [-0.39, 0.29) is 5.41 Å². The fourth-order valence-electron chi connectivity index (χ4n) is 1.32. The number of sulfonamides is 1. The van der Waals surface area contributed by atoms with Gasteiger partial charge in [-0.2, -0.15) is 0 Å². The van der Waals surface area contributed by atoms with Crippen molar-refractivity contribution in [1.29, 1.82) is 0 Å². The van der Waals surface area contributed by atoms with Gasteiger partial charge in [0.25, 0.3) is 0 Å². The average Bonchev–Trinajstić information content (AvgIpc) is 2.72. The molecule has 4 nitrogen and oxygen atoms in total. The lowest BCUT2D eigenvalue weighted by molar-refractivity contribution is 0.407. The third kappa shape index (κ3) is 4.68. The summed E-state index contributed by atoms with van der Waals surface area (Å²) in [6.07, 6.45) is 0. The van der Waals surface area contributed by atoms with Crippen LogP contribution in [0.15, 0.2) is 16.3 Å². The molecule has 0 fully saturated rings. The second kappa shape index (κ2) is 6.14. The van der Waals surface area contributed by atoms with Crippen LogP contribution >= 0.6 is 11.3 Å². The van der Waals surface area contributed by atoms with Crippen molar-refractivity contribution in [2.24, 2.45) is 5.41 Å². The van der Waals surface area contributed by atoms with Crippen LogP contribution in [0, 0.1) is 5.41 Å². The highest BCUT2D eigenvalue weighted by Gasteiger charge is 2.21. The largest absolute Gasteiger partial charge is 0.312 e. The fourth-order valence-corrected chi connectivity index (χ4v) is 4.02. The summed E-state index contributed by atoms with van der Waals surface area (Å²) >= 11 is 1.47. The standard InChI is InChI=1S/C12H22N2O2S2/c1-5-13-8-10-11(6-7-17-10)18(15,16)14-9-12(2,3)4/h6-7,13-14H,5,8-9H2,1-4H3. The summed E-state index contributed by atoms with van der Waals surface area (Å²) in [5.74, 6) is 0. The molecule has 1 aromatic heterocycles. The molecule has 0 unspecified atom stereocenters. The molecule has 0 spiro atoms. The van der Waals surface area contributed by atoms with Gasteiger partial charge in [-0.1, -0.05) is 27.7 Å². The molecule has 0 atom stereocenters. The first-order valence-electron chi connectivity index (χ1n) is 6.03. The van der Waals surface area contributed by atoms with Gasteiger partial charge in [-0.25, -0.2) is 13.1 Å². The van der Waals surface area contributed by atoms with Gasteiger partial charge in [0.05, 0.1) is 4.90 Å². The Morgan fingerprint density at radius 1 is 1.33 bits per heavy atom. The Labute approximate surface area is 114 Å². The third-order valence-corrected chi connectivity index (χ3v) is 4.86. The summed E-state index contributed by atoms with van der Waals surface area (Å²) in [5, 5.41) is 4.97. The molecule has 2 N–H and O–H groups in total. The van der Waals surface area contributed by atoms with E-state index in [0.717, 1.165) is 11.4 Å². The molecule has 1 rings (SSSR count). The van der Waals surface area contributed by atoms with Crippen LogP contribution < -0.4 is 10.0 Å². The highest BCUT2D eigenvalue weighted by atomic mass is 32.2. The lowest BCUT2D eigenvalue weighted by atomic mass is 9.98. The number of rotatable bonds is 6. The second-order valence-corrected chi connectivity index (χ2v) is 8.11. The van der Waals surface area contributed by atoms with Crippen LogP contribution in [-0.2, 0) is 16.6 Å². The molecule has 0 aliphatic heterocycles. The number of nitrogens with one attached hydrogen (secondary N) is 2. The lowest BCUT2D eigenvalue weighted by Gasteiger charge is -2.18. The van der Waals surface area contributed by atoms with Crippen molar-refractivity contribution in [1.82, 2.24) is 10.0 Å². The predicted molar refractivity (Wildman–Crippen MR) is 76.3 cm³/mol. The maximum absolute atomic E-state index is 12.2. The zero-order valence-corrected chi connectivity index (χ0v) is 13.0. The minimum Gasteiger partial charge on any atom is -0.312 e. The quantitative estimate of drug-likeness (QED) is 0.844. The van der Waals surface area contributed by atoms with Crippen LogP contribution in [-0.4, -0.2) is 21.5 Å². The van der Waals surface area contributed by atoms with Crippen molar-refractivity contribution in [2.45, 2.75) is 39.1 Å². The molecule has 0 amide bonds. The average molecular weight is 290 g/mol. The Morgan fingerprint density at radius 3 is 2.56 bits per heavy atom. The Bertz CT molecular complexity index is 473. The molecule has 0 radical (unpaired) electrons. The Balaban J connectivity index is 2.82. The van der Waals surface area contributed by atoms with Crippen LogP contribution in [0.5, 0.6) is 0 Å². The molecule has 0 bridgehead atoms. The highest BCUT2D eigenvalue weighted by Crippen LogP contribution is 2.22. The first-order valence-corrected chi connectivity index (χ1v) is 8.39. The van der Waals surface area contributed by atoms with Crippen molar-refractivity contribution in [3.05, 3.63) is 16.3 Å². The molecule has 1 aromatic rings. The number of hydrogen-bond donors (Lipinski definition) is 2. The van der Waals surface area contributed by atoms with Crippen molar-refractivity contribution < 1.29 is 8.42 Å². The van der Waals surface area contributed by atoms with Crippen LogP contribution in [0.25, 0.3) is 0 Å². The normalized spacial score (nSPS) is 12.9. The number of thiophene rings is 1. The zero-order valence-electron chi connectivity index (χ0n) is 11.4.